The van der Waals surface area contributed by atoms with E-state index >= 15 is 0 Å². The van der Waals surface area contributed by atoms with E-state index in [4.69, 9.17) is 5.11 Å². The van der Waals surface area contributed by atoms with E-state index < -0.39 is 11.6 Å². The van der Waals surface area contributed by atoms with Crippen molar-refractivity contribution in [2.75, 3.05) is 0 Å². The van der Waals surface area contributed by atoms with Crippen molar-refractivity contribution in [3.8, 4) is 0 Å². The summed E-state index contributed by atoms with van der Waals surface area (Å²) in [5.74, 6) is -1.24. The second-order valence-corrected chi connectivity index (χ2v) is 2.74. The first-order chi connectivity index (χ1) is 5.55. The third-order valence-electron chi connectivity index (χ3n) is 1.75. The highest BCUT2D eigenvalue weighted by atomic mass is 31.0. The molecule has 0 aromatic heterocycles. The van der Waals surface area contributed by atoms with Crippen LogP contribution in [0.4, 0.5) is 0 Å². The van der Waals surface area contributed by atoms with E-state index in [2.05, 4.69) is 0 Å². The van der Waals surface area contributed by atoms with Gasteiger partial charge in [-0.3, -0.25) is 0 Å². The van der Waals surface area contributed by atoms with Crippen molar-refractivity contribution < 1.29 is 15.0 Å². The smallest absolute Gasteiger partial charge is 0.340 e. The molecule has 0 amide bonds. The van der Waals surface area contributed by atoms with E-state index in [1.807, 2.05) is 0 Å². The summed E-state index contributed by atoms with van der Waals surface area (Å²) < 4.78 is 0. The molecule has 1 aromatic carbocycles. The van der Waals surface area contributed by atoms with E-state index in [0.29, 0.717) is 5.56 Å². The number of hydrogen-bond acceptors (Lipinski definition) is 2. The first-order valence-corrected chi connectivity index (χ1v) is 3.56. The Morgan fingerprint density at radius 1 is 1.31 bits per heavy atom. The number of carboxylic acid groups (broad SMARTS) is 1. The molecule has 3 nitrogen and oxygen atoms in total. The van der Waals surface area contributed by atoms with Crippen LogP contribution >= 0.6 is 9.90 Å². The number of aliphatic carboxylic acids is 1. The highest BCUT2D eigenvalue weighted by Gasteiger charge is 2.31. The monoisotopic (exact) mass is 200 g/mol. The molecule has 2 N–H and O–H groups in total. The van der Waals surface area contributed by atoms with Crippen LogP contribution in [-0.2, 0) is 10.4 Å². The highest BCUT2D eigenvalue weighted by Crippen LogP contribution is 2.19. The van der Waals surface area contributed by atoms with Gasteiger partial charge in [0.25, 0.3) is 0 Å². The zero-order valence-electron chi connectivity index (χ0n) is 7.40. The maximum absolute atomic E-state index is 10.6. The third-order valence-corrected chi connectivity index (χ3v) is 1.75. The molecule has 2 atom stereocenters. The van der Waals surface area contributed by atoms with Crippen molar-refractivity contribution in [1.82, 2.24) is 0 Å². The van der Waals surface area contributed by atoms with Crippen molar-refractivity contribution in [1.29, 1.82) is 0 Å². The molecular formula is C9H13O3P. The maximum Gasteiger partial charge on any atom is 0.340 e. The summed E-state index contributed by atoms with van der Waals surface area (Å²) in [6.07, 6.45) is 0. The molecule has 13 heavy (non-hydrogen) atoms. The number of hydrogen-bond donors (Lipinski definition) is 2. The number of benzene rings is 1. The fourth-order valence-corrected chi connectivity index (χ4v) is 0.886. The van der Waals surface area contributed by atoms with Gasteiger partial charge in [0.2, 0.25) is 0 Å². The van der Waals surface area contributed by atoms with Crippen LogP contribution in [0.15, 0.2) is 30.3 Å². The van der Waals surface area contributed by atoms with Gasteiger partial charge in [-0.25, -0.2) is 4.79 Å². The average molecular weight is 200 g/mol. The van der Waals surface area contributed by atoms with Crippen LogP contribution in [0.2, 0.25) is 0 Å². The quantitative estimate of drug-likeness (QED) is 0.701. The van der Waals surface area contributed by atoms with E-state index in [9.17, 15) is 9.90 Å². The first-order valence-electron chi connectivity index (χ1n) is 3.56. The summed E-state index contributed by atoms with van der Waals surface area (Å²) in [4.78, 5) is 10.6. The molecule has 0 aliphatic rings. The summed E-state index contributed by atoms with van der Waals surface area (Å²) in [6, 6.07) is 8.29. The molecule has 4 heteroatoms. The van der Waals surface area contributed by atoms with E-state index in [0.717, 1.165) is 0 Å². The topological polar surface area (TPSA) is 57.5 Å². The largest absolute Gasteiger partial charge is 0.479 e. The lowest BCUT2D eigenvalue weighted by Crippen LogP contribution is -2.31. The SMILES string of the molecule is CC(O)(C(=O)O)c1ccccc1.P. The summed E-state index contributed by atoms with van der Waals surface area (Å²) >= 11 is 0. The second kappa shape index (κ2) is 4.35. The van der Waals surface area contributed by atoms with Gasteiger partial charge in [-0.2, -0.15) is 9.90 Å². The second-order valence-electron chi connectivity index (χ2n) is 2.74. The van der Waals surface area contributed by atoms with Gasteiger partial charge in [0.15, 0.2) is 5.60 Å². The summed E-state index contributed by atoms with van der Waals surface area (Å²) in [6.45, 7) is 1.25. The fourth-order valence-electron chi connectivity index (χ4n) is 0.886. The molecule has 0 saturated heterocycles. The maximum atomic E-state index is 10.6. The van der Waals surface area contributed by atoms with Crippen LogP contribution in [0, 0.1) is 0 Å². The lowest BCUT2D eigenvalue weighted by atomic mass is 9.97. The van der Waals surface area contributed by atoms with Crippen LogP contribution in [-0.4, -0.2) is 16.2 Å². The van der Waals surface area contributed by atoms with Gasteiger partial charge in [-0.1, -0.05) is 30.3 Å². The Balaban J connectivity index is 0.00000144. The fraction of sp³-hybridized carbons (Fsp3) is 0.222. The van der Waals surface area contributed by atoms with Gasteiger partial charge < -0.3 is 10.2 Å². The molecule has 72 valence electrons. The summed E-state index contributed by atoms with van der Waals surface area (Å²) in [5, 5.41) is 18.1. The number of carboxylic acids is 1. The Bertz CT molecular complexity index is 282. The van der Waals surface area contributed by atoms with Crippen LogP contribution in [0.25, 0.3) is 0 Å². The van der Waals surface area contributed by atoms with Gasteiger partial charge in [0.1, 0.15) is 0 Å². The first kappa shape index (κ1) is 12.1. The third kappa shape index (κ3) is 2.51. The highest BCUT2D eigenvalue weighted by molar-refractivity contribution is 6.92. The molecule has 0 bridgehead atoms. The normalized spacial score (nSPS) is 14.0. The lowest BCUT2D eigenvalue weighted by Gasteiger charge is -2.17. The Hall–Kier alpha value is -0.920. The summed E-state index contributed by atoms with van der Waals surface area (Å²) in [7, 11) is 0. The van der Waals surface area contributed by atoms with Crippen molar-refractivity contribution in [2.24, 2.45) is 0 Å². The standard InChI is InChI=1S/C9H10O3.H3P/c1-9(12,8(10)11)7-5-3-2-4-6-7;/h2-6,12H,1H3,(H,10,11);1H3. The minimum Gasteiger partial charge on any atom is -0.479 e. The molecule has 0 radical (unpaired) electrons. The van der Waals surface area contributed by atoms with Crippen LogP contribution in [0.3, 0.4) is 0 Å². The minimum atomic E-state index is -1.79. The van der Waals surface area contributed by atoms with Crippen LogP contribution in [0.5, 0.6) is 0 Å². The van der Waals surface area contributed by atoms with Crippen molar-refractivity contribution in [2.45, 2.75) is 12.5 Å². The lowest BCUT2D eigenvalue weighted by molar-refractivity contribution is -0.157. The van der Waals surface area contributed by atoms with Gasteiger partial charge in [0.05, 0.1) is 0 Å². The molecule has 1 rings (SSSR count). The van der Waals surface area contributed by atoms with Gasteiger partial charge in [-0.05, 0) is 12.5 Å². The van der Waals surface area contributed by atoms with Gasteiger partial charge in [-0.15, -0.1) is 0 Å². The summed E-state index contributed by atoms with van der Waals surface area (Å²) in [5.41, 5.74) is -1.40. The van der Waals surface area contributed by atoms with Gasteiger partial charge >= 0.3 is 5.97 Å². The molecule has 0 aliphatic carbocycles. The van der Waals surface area contributed by atoms with Crippen molar-refractivity contribution in [3.05, 3.63) is 35.9 Å². The van der Waals surface area contributed by atoms with Crippen LogP contribution in [0.1, 0.15) is 12.5 Å². The minimum absolute atomic E-state index is 0. The van der Waals surface area contributed by atoms with E-state index in [1.54, 1.807) is 30.3 Å². The Kier molecular flexibility index (Phi) is 4.05. The van der Waals surface area contributed by atoms with E-state index in [-0.39, 0.29) is 9.90 Å². The molecule has 2 unspecified atom stereocenters. The Labute approximate surface area is 80.0 Å². The number of rotatable bonds is 2. The zero-order valence-corrected chi connectivity index (χ0v) is 8.81. The number of aliphatic hydroxyl groups is 1. The van der Waals surface area contributed by atoms with Crippen molar-refractivity contribution in [3.63, 3.8) is 0 Å². The molecule has 1 aromatic rings. The predicted octanol–water partition coefficient (Wildman–Crippen LogP) is 1.04. The molecule has 0 aliphatic heterocycles. The molecule has 0 saturated carbocycles. The van der Waals surface area contributed by atoms with Gasteiger partial charge in [0, 0.05) is 0 Å². The van der Waals surface area contributed by atoms with E-state index in [1.165, 1.54) is 6.92 Å². The Morgan fingerprint density at radius 3 is 2.15 bits per heavy atom. The van der Waals surface area contributed by atoms with Crippen molar-refractivity contribution >= 4 is 15.9 Å². The molecule has 0 spiro atoms. The molecular weight excluding hydrogens is 187 g/mol. The Morgan fingerprint density at radius 2 is 1.77 bits per heavy atom. The molecule has 0 heterocycles. The zero-order chi connectivity index (χ0) is 9.19. The number of carbonyl (C=O) groups is 1. The molecule has 0 fully saturated rings. The van der Waals surface area contributed by atoms with Crippen LogP contribution < -0.4 is 0 Å². The predicted molar refractivity (Wildman–Crippen MR) is 54.8 cm³/mol. The average Bonchev–Trinajstić information content (AvgIpc) is 2.06.